The van der Waals surface area contributed by atoms with E-state index in [0.29, 0.717) is 0 Å². The summed E-state index contributed by atoms with van der Waals surface area (Å²) in [6, 6.07) is 16.4. The van der Waals surface area contributed by atoms with E-state index in [-0.39, 0.29) is 0 Å². The third-order valence-electron chi connectivity index (χ3n) is 2.67. The van der Waals surface area contributed by atoms with Gasteiger partial charge in [-0.05, 0) is 24.6 Å². The summed E-state index contributed by atoms with van der Waals surface area (Å²) in [6.07, 6.45) is 0. The van der Waals surface area contributed by atoms with Crippen molar-refractivity contribution in [1.29, 1.82) is 0 Å². The maximum atomic E-state index is 5.29. The first-order chi connectivity index (χ1) is 8.29. The van der Waals surface area contributed by atoms with Gasteiger partial charge < -0.3 is 10.1 Å². The van der Waals surface area contributed by atoms with Crippen LogP contribution in [-0.4, -0.2) is 7.11 Å². The average molecular weight is 227 g/mol. The van der Waals surface area contributed by atoms with Crippen LogP contribution in [0.4, 0.5) is 5.69 Å². The summed E-state index contributed by atoms with van der Waals surface area (Å²) in [4.78, 5) is 0. The van der Waals surface area contributed by atoms with Crippen molar-refractivity contribution >= 4 is 5.69 Å². The fourth-order valence-electron chi connectivity index (χ4n) is 1.81. The molecule has 2 aromatic rings. The summed E-state index contributed by atoms with van der Waals surface area (Å²) in [5, 5.41) is 3.38. The summed E-state index contributed by atoms with van der Waals surface area (Å²) in [7, 11) is 1.69. The number of nitrogens with one attached hydrogen (secondary N) is 1. The molecule has 0 unspecified atom stereocenters. The molecule has 0 saturated heterocycles. The lowest BCUT2D eigenvalue weighted by Gasteiger charge is -2.11. The zero-order valence-corrected chi connectivity index (χ0v) is 10.2. The normalized spacial score (nSPS) is 10.0. The van der Waals surface area contributed by atoms with Gasteiger partial charge in [0.1, 0.15) is 5.75 Å². The molecule has 2 nitrogen and oxygen atoms in total. The molecule has 0 fully saturated rings. The SMILES string of the molecule is COc1ccccc1NCc1cccc(C)c1. The van der Waals surface area contributed by atoms with Crippen molar-refractivity contribution in [2.75, 3.05) is 12.4 Å². The summed E-state index contributed by atoms with van der Waals surface area (Å²) < 4.78 is 5.29. The molecule has 2 rings (SSSR count). The Bertz CT molecular complexity index is 494. The van der Waals surface area contributed by atoms with Crippen molar-refractivity contribution in [1.82, 2.24) is 0 Å². The lowest BCUT2D eigenvalue weighted by molar-refractivity contribution is 0.416. The topological polar surface area (TPSA) is 21.3 Å². The molecule has 2 aromatic carbocycles. The van der Waals surface area contributed by atoms with Crippen LogP contribution in [0.25, 0.3) is 0 Å². The zero-order valence-electron chi connectivity index (χ0n) is 10.2. The highest BCUT2D eigenvalue weighted by atomic mass is 16.5. The van der Waals surface area contributed by atoms with Gasteiger partial charge in [-0.1, -0.05) is 42.0 Å². The largest absolute Gasteiger partial charge is 0.495 e. The fraction of sp³-hybridized carbons (Fsp3) is 0.200. The highest BCUT2D eigenvalue weighted by Crippen LogP contribution is 2.23. The van der Waals surface area contributed by atoms with Crippen molar-refractivity contribution in [2.24, 2.45) is 0 Å². The predicted molar refractivity (Wildman–Crippen MR) is 71.5 cm³/mol. The van der Waals surface area contributed by atoms with Crippen LogP contribution in [0.1, 0.15) is 11.1 Å². The Morgan fingerprint density at radius 3 is 2.65 bits per heavy atom. The standard InChI is InChI=1S/C15H17NO/c1-12-6-5-7-13(10-12)11-16-14-8-3-4-9-15(14)17-2/h3-10,16H,11H2,1-2H3. The number of hydrogen-bond donors (Lipinski definition) is 1. The van der Waals surface area contributed by atoms with Gasteiger partial charge in [-0.25, -0.2) is 0 Å². The van der Waals surface area contributed by atoms with Crippen LogP contribution < -0.4 is 10.1 Å². The summed E-state index contributed by atoms with van der Waals surface area (Å²) in [5.74, 6) is 0.875. The Morgan fingerprint density at radius 2 is 1.88 bits per heavy atom. The first-order valence-electron chi connectivity index (χ1n) is 5.72. The molecule has 0 aliphatic rings. The molecule has 0 bridgehead atoms. The number of benzene rings is 2. The Morgan fingerprint density at radius 1 is 1.06 bits per heavy atom. The highest BCUT2D eigenvalue weighted by Gasteiger charge is 2.00. The van der Waals surface area contributed by atoms with E-state index in [0.717, 1.165) is 18.0 Å². The predicted octanol–water partition coefficient (Wildman–Crippen LogP) is 3.62. The van der Waals surface area contributed by atoms with Gasteiger partial charge in [-0.2, -0.15) is 0 Å². The quantitative estimate of drug-likeness (QED) is 0.861. The van der Waals surface area contributed by atoms with Crippen molar-refractivity contribution in [3.8, 4) is 5.75 Å². The van der Waals surface area contributed by atoms with E-state index in [1.54, 1.807) is 7.11 Å². The van der Waals surface area contributed by atoms with E-state index in [1.165, 1.54) is 11.1 Å². The van der Waals surface area contributed by atoms with Crippen LogP contribution in [0.15, 0.2) is 48.5 Å². The molecular formula is C15H17NO. The number of rotatable bonds is 4. The lowest BCUT2D eigenvalue weighted by Crippen LogP contribution is -2.01. The molecule has 0 atom stereocenters. The third-order valence-corrected chi connectivity index (χ3v) is 2.67. The number of anilines is 1. The van der Waals surface area contributed by atoms with Crippen molar-refractivity contribution < 1.29 is 4.74 Å². The summed E-state index contributed by atoms with van der Waals surface area (Å²) in [6.45, 7) is 2.91. The second-order valence-electron chi connectivity index (χ2n) is 4.04. The number of ether oxygens (including phenoxy) is 1. The minimum absolute atomic E-state index is 0.808. The van der Waals surface area contributed by atoms with Crippen LogP contribution in [0, 0.1) is 6.92 Å². The first-order valence-corrected chi connectivity index (χ1v) is 5.72. The molecule has 2 heteroatoms. The number of methoxy groups -OCH3 is 1. The minimum atomic E-state index is 0.808. The second kappa shape index (κ2) is 5.39. The van der Waals surface area contributed by atoms with E-state index in [4.69, 9.17) is 4.74 Å². The molecular weight excluding hydrogens is 210 g/mol. The summed E-state index contributed by atoms with van der Waals surface area (Å²) >= 11 is 0. The smallest absolute Gasteiger partial charge is 0.141 e. The molecule has 0 aromatic heterocycles. The molecule has 17 heavy (non-hydrogen) atoms. The summed E-state index contributed by atoms with van der Waals surface area (Å²) in [5.41, 5.74) is 3.58. The maximum absolute atomic E-state index is 5.29. The molecule has 0 spiro atoms. The van der Waals surface area contributed by atoms with Gasteiger partial charge in [0.15, 0.2) is 0 Å². The Labute approximate surface area is 102 Å². The van der Waals surface area contributed by atoms with Crippen LogP contribution in [0.5, 0.6) is 5.75 Å². The van der Waals surface area contributed by atoms with Gasteiger partial charge in [0.2, 0.25) is 0 Å². The molecule has 0 heterocycles. The third kappa shape index (κ3) is 3.00. The van der Waals surface area contributed by atoms with Gasteiger partial charge in [0.05, 0.1) is 12.8 Å². The van der Waals surface area contributed by atoms with E-state index in [1.807, 2.05) is 24.3 Å². The molecule has 0 aliphatic heterocycles. The number of hydrogen-bond acceptors (Lipinski definition) is 2. The average Bonchev–Trinajstić information content (AvgIpc) is 2.37. The monoisotopic (exact) mass is 227 g/mol. The van der Waals surface area contributed by atoms with Crippen molar-refractivity contribution in [3.63, 3.8) is 0 Å². The van der Waals surface area contributed by atoms with Gasteiger partial charge in [-0.15, -0.1) is 0 Å². The Balaban J connectivity index is 2.07. The lowest BCUT2D eigenvalue weighted by atomic mass is 10.1. The highest BCUT2D eigenvalue weighted by molar-refractivity contribution is 5.56. The van der Waals surface area contributed by atoms with Gasteiger partial charge >= 0.3 is 0 Å². The van der Waals surface area contributed by atoms with Crippen LogP contribution in [0.2, 0.25) is 0 Å². The Kier molecular flexibility index (Phi) is 3.66. The van der Waals surface area contributed by atoms with Gasteiger partial charge in [0, 0.05) is 6.54 Å². The Hall–Kier alpha value is -1.96. The molecule has 1 N–H and O–H groups in total. The van der Waals surface area contributed by atoms with Crippen LogP contribution in [0.3, 0.4) is 0 Å². The second-order valence-corrected chi connectivity index (χ2v) is 4.04. The number of para-hydroxylation sites is 2. The van der Waals surface area contributed by atoms with Gasteiger partial charge in [0.25, 0.3) is 0 Å². The molecule has 0 radical (unpaired) electrons. The molecule has 88 valence electrons. The van der Waals surface area contributed by atoms with E-state index in [9.17, 15) is 0 Å². The molecule has 0 saturated carbocycles. The fourth-order valence-corrected chi connectivity index (χ4v) is 1.81. The first kappa shape index (κ1) is 11.5. The zero-order chi connectivity index (χ0) is 12.1. The van der Waals surface area contributed by atoms with Crippen LogP contribution in [-0.2, 0) is 6.54 Å². The van der Waals surface area contributed by atoms with Gasteiger partial charge in [-0.3, -0.25) is 0 Å². The van der Waals surface area contributed by atoms with E-state index >= 15 is 0 Å². The molecule has 0 aliphatic carbocycles. The van der Waals surface area contributed by atoms with E-state index in [2.05, 4.69) is 36.5 Å². The maximum Gasteiger partial charge on any atom is 0.141 e. The van der Waals surface area contributed by atoms with E-state index < -0.39 is 0 Å². The molecule has 0 amide bonds. The minimum Gasteiger partial charge on any atom is -0.495 e. The van der Waals surface area contributed by atoms with Crippen LogP contribution >= 0.6 is 0 Å². The number of aryl methyl sites for hydroxylation is 1. The van der Waals surface area contributed by atoms with Crippen molar-refractivity contribution in [3.05, 3.63) is 59.7 Å². The van der Waals surface area contributed by atoms with Crippen molar-refractivity contribution in [2.45, 2.75) is 13.5 Å².